The Labute approximate surface area is 517 Å². The van der Waals surface area contributed by atoms with Crippen LogP contribution in [0.25, 0.3) is 0 Å². The van der Waals surface area contributed by atoms with Gasteiger partial charge in [0, 0.05) is 19.3 Å². The van der Waals surface area contributed by atoms with Crippen LogP contribution in [0.5, 0.6) is 0 Å². The van der Waals surface area contributed by atoms with E-state index < -0.39 is 67.3 Å². The normalized spacial score (nSPS) is 18.1. The molecular formula is C73H122O12. The van der Waals surface area contributed by atoms with Gasteiger partial charge in [-0.3, -0.25) is 14.4 Å². The zero-order valence-corrected chi connectivity index (χ0v) is 53.8. The van der Waals surface area contributed by atoms with Crippen LogP contribution < -0.4 is 0 Å². The highest BCUT2D eigenvalue weighted by atomic mass is 16.7. The number of carboxylic acid groups (broad SMARTS) is 1. The van der Waals surface area contributed by atoms with E-state index in [2.05, 4.69) is 118 Å². The van der Waals surface area contributed by atoms with Gasteiger partial charge in [-0.1, -0.05) is 246 Å². The number of esters is 3. The van der Waals surface area contributed by atoms with Crippen LogP contribution in [0.4, 0.5) is 0 Å². The van der Waals surface area contributed by atoms with Crippen molar-refractivity contribution in [3.63, 3.8) is 0 Å². The fourth-order valence-corrected chi connectivity index (χ4v) is 9.89. The minimum Gasteiger partial charge on any atom is -0.479 e. The van der Waals surface area contributed by atoms with Crippen molar-refractivity contribution in [1.82, 2.24) is 0 Å². The lowest BCUT2D eigenvalue weighted by Gasteiger charge is -2.40. The second kappa shape index (κ2) is 59.9. The van der Waals surface area contributed by atoms with Gasteiger partial charge in [0.1, 0.15) is 18.8 Å². The summed E-state index contributed by atoms with van der Waals surface area (Å²) in [6.07, 6.45) is 67.8. The van der Waals surface area contributed by atoms with Crippen LogP contribution >= 0.6 is 0 Å². The Hall–Kier alpha value is -4.36. The maximum absolute atomic E-state index is 13.2. The van der Waals surface area contributed by atoms with Crippen molar-refractivity contribution in [2.24, 2.45) is 0 Å². The number of carbonyl (C=O) groups is 4. The number of unbranched alkanes of at least 4 members (excludes halogenated alkanes) is 28. The second-order valence-corrected chi connectivity index (χ2v) is 23.1. The highest BCUT2D eigenvalue weighted by Gasteiger charge is 2.50. The summed E-state index contributed by atoms with van der Waals surface area (Å²) in [4.78, 5) is 51.4. The molecule has 0 aromatic rings. The zero-order chi connectivity index (χ0) is 61.7. The predicted octanol–water partition coefficient (Wildman–Crippen LogP) is 18.8. The van der Waals surface area contributed by atoms with E-state index in [9.17, 15) is 34.5 Å². The first-order valence-corrected chi connectivity index (χ1v) is 34.2. The van der Waals surface area contributed by atoms with Crippen LogP contribution in [-0.4, -0.2) is 89.2 Å². The molecule has 1 saturated heterocycles. The Bertz CT molecular complexity index is 1840. The first-order chi connectivity index (χ1) is 41.6. The summed E-state index contributed by atoms with van der Waals surface area (Å²) in [6, 6.07) is 0. The SMILES string of the molecule is CC/C=C\C/C=C\C/C=C\C/C=C\C/C=C\CCCCCC(=O)OCC(COC1OC(C(=O)O)C(O)C(O)C1OC(=O)CCCCCCCCC/C=C\CCCCCCCC)OC(=O)CCCCCCCCCCC/C=C\C/C=C\CCCCC. The third-order valence-corrected chi connectivity index (χ3v) is 15.1. The van der Waals surface area contributed by atoms with Crippen LogP contribution in [0, 0.1) is 0 Å². The summed E-state index contributed by atoms with van der Waals surface area (Å²) in [6.45, 7) is 5.85. The average Bonchev–Trinajstić information content (AvgIpc) is 3.46. The van der Waals surface area contributed by atoms with E-state index in [0.29, 0.717) is 19.3 Å². The number of aliphatic carboxylic acids is 1. The maximum atomic E-state index is 13.2. The van der Waals surface area contributed by atoms with Gasteiger partial charge in [-0.05, 0) is 122 Å². The number of aliphatic hydroxyl groups excluding tert-OH is 2. The van der Waals surface area contributed by atoms with Crippen molar-refractivity contribution in [3.8, 4) is 0 Å². The molecule has 85 heavy (non-hydrogen) atoms. The Kier molecular flexibility index (Phi) is 55.5. The van der Waals surface area contributed by atoms with E-state index >= 15 is 0 Å². The van der Waals surface area contributed by atoms with Gasteiger partial charge in [0.2, 0.25) is 0 Å². The number of rotatable bonds is 58. The molecule has 0 spiro atoms. The summed E-state index contributed by atoms with van der Waals surface area (Å²) in [5, 5.41) is 31.7. The van der Waals surface area contributed by atoms with Crippen LogP contribution in [0.2, 0.25) is 0 Å². The molecule has 1 aliphatic rings. The molecule has 0 saturated carbocycles. The molecule has 0 aromatic heterocycles. The molecule has 486 valence electrons. The largest absolute Gasteiger partial charge is 0.479 e. The predicted molar refractivity (Wildman–Crippen MR) is 349 cm³/mol. The zero-order valence-electron chi connectivity index (χ0n) is 53.8. The fourth-order valence-electron chi connectivity index (χ4n) is 9.89. The van der Waals surface area contributed by atoms with E-state index in [-0.39, 0.29) is 25.9 Å². The molecule has 0 aliphatic carbocycles. The van der Waals surface area contributed by atoms with Crippen molar-refractivity contribution < 1.29 is 58.2 Å². The standard InChI is InChI=1S/C73H122O12/c1-4-7-10-13-16-19-22-25-28-31-33-36-38-41-44-47-50-53-56-59-65(74)81-62-64(83-66(75)60-57-54-51-48-45-42-40-37-34-32-29-26-23-20-17-14-11-8-5-2)63-82-73-71(69(78)68(77)70(85-73)72(79)80)84-67(76)61-58-55-52-49-46-43-39-35-30-27-24-21-18-15-12-9-6-3/h7,10,16-17,19-20,25-30,33,36,41,44,64,68-71,73,77-78H,4-6,8-9,11-15,18,21-24,31-32,34-35,37-40,42-43,45-63H2,1-3H3,(H,79,80)/b10-7-,19-16-,20-17-,28-25-,29-26-,30-27-,36-33-,44-41-. The molecule has 6 atom stereocenters. The Morgan fingerprint density at radius 3 is 1.18 bits per heavy atom. The van der Waals surface area contributed by atoms with Gasteiger partial charge in [-0.2, -0.15) is 0 Å². The van der Waals surface area contributed by atoms with Crippen molar-refractivity contribution in [2.45, 2.75) is 327 Å². The summed E-state index contributed by atoms with van der Waals surface area (Å²) < 4.78 is 28.6. The minimum absolute atomic E-state index is 0.0489. The molecule has 1 fully saturated rings. The number of hydrogen-bond acceptors (Lipinski definition) is 11. The van der Waals surface area contributed by atoms with Gasteiger partial charge >= 0.3 is 23.9 Å². The van der Waals surface area contributed by atoms with E-state index in [1.807, 2.05) is 0 Å². The van der Waals surface area contributed by atoms with Crippen LogP contribution in [-0.2, 0) is 42.9 Å². The van der Waals surface area contributed by atoms with Gasteiger partial charge in [0.15, 0.2) is 24.6 Å². The lowest BCUT2D eigenvalue weighted by atomic mass is 9.98. The molecular weight excluding hydrogens is 1070 g/mol. The average molecular weight is 1190 g/mol. The fraction of sp³-hybridized carbons (Fsp3) is 0.726. The van der Waals surface area contributed by atoms with Crippen LogP contribution in [0.3, 0.4) is 0 Å². The molecule has 1 heterocycles. The van der Waals surface area contributed by atoms with Crippen LogP contribution in [0.1, 0.15) is 290 Å². The number of allylic oxidation sites excluding steroid dienone is 16. The molecule has 1 rings (SSSR count). The van der Waals surface area contributed by atoms with Crippen molar-refractivity contribution in [3.05, 3.63) is 97.2 Å². The molecule has 0 amide bonds. The van der Waals surface area contributed by atoms with Crippen molar-refractivity contribution >= 4 is 23.9 Å². The van der Waals surface area contributed by atoms with E-state index in [0.717, 1.165) is 128 Å². The summed E-state index contributed by atoms with van der Waals surface area (Å²) in [7, 11) is 0. The molecule has 1 aliphatic heterocycles. The molecule has 6 unspecified atom stereocenters. The first-order valence-electron chi connectivity index (χ1n) is 34.2. The summed E-state index contributed by atoms with van der Waals surface area (Å²) in [5.41, 5.74) is 0. The number of aliphatic hydroxyl groups is 2. The molecule has 0 radical (unpaired) electrons. The lowest BCUT2D eigenvalue weighted by molar-refractivity contribution is -0.301. The number of carbonyl (C=O) groups excluding carboxylic acids is 3. The number of hydrogen-bond donors (Lipinski definition) is 3. The van der Waals surface area contributed by atoms with Crippen LogP contribution in [0.15, 0.2) is 97.2 Å². The Morgan fingerprint density at radius 2 is 0.741 bits per heavy atom. The van der Waals surface area contributed by atoms with E-state index in [4.69, 9.17) is 23.7 Å². The molecule has 3 N–H and O–H groups in total. The Balaban J connectivity index is 2.68. The van der Waals surface area contributed by atoms with Crippen molar-refractivity contribution in [1.29, 1.82) is 0 Å². The van der Waals surface area contributed by atoms with Gasteiger partial charge in [0.05, 0.1) is 6.61 Å². The third kappa shape index (κ3) is 49.3. The Morgan fingerprint density at radius 1 is 0.400 bits per heavy atom. The molecule has 0 bridgehead atoms. The van der Waals surface area contributed by atoms with E-state index in [1.54, 1.807) is 0 Å². The quantitative estimate of drug-likeness (QED) is 0.0228. The maximum Gasteiger partial charge on any atom is 0.335 e. The van der Waals surface area contributed by atoms with Gasteiger partial charge < -0.3 is 39.0 Å². The minimum atomic E-state index is -1.91. The lowest BCUT2D eigenvalue weighted by Crippen LogP contribution is -2.61. The smallest absolute Gasteiger partial charge is 0.335 e. The number of ether oxygens (including phenoxy) is 5. The van der Waals surface area contributed by atoms with Gasteiger partial charge in [0.25, 0.3) is 0 Å². The first kappa shape index (κ1) is 78.7. The summed E-state index contributed by atoms with van der Waals surface area (Å²) >= 11 is 0. The third-order valence-electron chi connectivity index (χ3n) is 15.1. The number of carboxylic acids is 1. The monoisotopic (exact) mass is 1190 g/mol. The van der Waals surface area contributed by atoms with Gasteiger partial charge in [-0.15, -0.1) is 0 Å². The highest BCUT2D eigenvalue weighted by molar-refractivity contribution is 5.74. The van der Waals surface area contributed by atoms with Gasteiger partial charge in [-0.25, -0.2) is 4.79 Å². The second-order valence-electron chi connectivity index (χ2n) is 23.1. The highest BCUT2D eigenvalue weighted by Crippen LogP contribution is 2.27. The molecule has 12 heteroatoms. The summed E-state index contributed by atoms with van der Waals surface area (Å²) in [5.74, 6) is -3.17. The molecule has 12 nitrogen and oxygen atoms in total. The topological polar surface area (TPSA) is 175 Å². The van der Waals surface area contributed by atoms with Crippen molar-refractivity contribution in [2.75, 3.05) is 13.2 Å². The van der Waals surface area contributed by atoms with E-state index in [1.165, 1.54) is 103 Å². The molecule has 0 aromatic carbocycles.